The summed E-state index contributed by atoms with van der Waals surface area (Å²) in [6.07, 6.45) is 7.46. The topological polar surface area (TPSA) is 50.7 Å². The fourth-order valence-corrected chi connectivity index (χ4v) is 2.25. The highest BCUT2D eigenvalue weighted by molar-refractivity contribution is 5.79. The van der Waals surface area contributed by atoms with Crippen LogP contribution in [0, 0.1) is 0 Å². The molecule has 0 heterocycles. The second-order valence-electron chi connectivity index (χ2n) is 4.82. The van der Waals surface area contributed by atoms with Crippen molar-refractivity contribution in [2.45, 2.75) is 38.1 Å². The minimum Gasteiger partial charge on any atom is -0.386 e. The van der Waals surface area contributed by atoms with E-state index in [1.807, 2.05) is 30.3 Å². The molecule has 1 fully saturated rings. The van der Waals surface area contributed by atoms with Crippen molar-refractivity contribution in [1.82, 2.24) is 5.32 Å². The van der Waals surface area contributed by atoms with E-state index in [2.05, 4.69) is 10.5 Å². The van der Waals surface area contributed by atoms with Crippen LogP contribution in [0.2, 0.25) is 0 Å². The van der Waals surface area contributed by atoms with Crippen molar-refractivity contribution in [2.75, 3.05) is 6.61 Å². The molecule has 2 rings (SSSR count). The summed E-state index contributed by atoms with van der Waals surface area (Å²) in [6, 6.07) is 9.97. The van der Waals surface area contributed by atoms with Gasteiger partial charge in [-0.1, -0.05) is 54.8 Å². The summed E-state index contributed by atoms with van der Waals surface area (Å²) in [7, 11) is 0. The van der Waals surface area contributed by atoms with Crippen molar-refractivity contribution in [3.8, 4) is 0 Å². The number of oxime groups is 1. The van der Waals surface area contributed by atoms with Gasteiger partial charge in [0.05, 0.1) is 6.21 Å². The normalized spacial score (nSPS) is 16.4. The summed E-state index contributed by atoms with van der Waals surface area (Å²) in [6.45, 7) is -0.0141. The summed E-state index contributed by atoms with van der Waals surface area (Å²) in [5.41, 5.74) is 0.954. The maximum Gasteiger partial charge on any atom is 0.260 e. The van der Waals surface area contributed by atoms with Crippen LogP contribution < -0.4 is 5.32 Å². The van der Waals surface area contributed by atoms with E-state index in [9.17, 15) is 4.79 Å². The Morgan fingerprint density at radius 3 is 2.74 bits per heavy atom. The Morgan fingerprint density at radius 2 is 2.00 bits per heavy atom. The molecule has 1 aliphatic carbocycles. The predicted molar refractivity (Wildman–Crippen MR) is 75.0 cm³/mol. The van der Waals surface area contributed by atoms with E-state index in [0.717, 1.165) is 18.4 Å². The van der Waals surface area contributed by atoms with Gasteiger partial charge in [-0.25, -0.2) is 0 Å². The van der Waals surface area contributed by atoms with Gasteiger partial charge in [-0.05, 0) is 18.4 Å². The number of carbonyl (C=O) groups excluding carboxylic acids is 1. The first-order valence-electron chi connectivity index (χ1n) is 6.84. The maximum atomic E-state index is 11.6. The lowest BCUT2D eigenvalue weighted by Gasteiger charge is -2.22. The van der Waals surface area contributed by atoms with Crippen molar-refractivity contribution in [3.05, 3.63) is 35.9 Å². The van der Waals surface area contributed by atoms with E-state index in [0.29, 0.717) is 6.04 Å². The zero-order chi connectivity index (χ0) is 13.3. The van der Waals surface area contributed by atoms with Gasteiger partial charge in [0.1, 0.15) is 0 Å². The van der Waals surface area contributed by atoms with Crippen LogP contribution >= 0.6 is 0 Å². The molecule has 0 saturated heterocycles. The molecular formula is C15H20N2O2. The molecule has 0 bridgehead atoms. The summed E-state index contributed by atoms with van der Waals surface area (Å²) >= 11 is 0. The molecule has 4 nitrogen and oxygen atoms in total. The van der Waals surface area contributed by atoms with Crippen LogP contribution in [-0.2, 0) is 9.63 Å². The van der Waals surface area contributed by atoms with E-state index in [-0.39, 0.29) is 12.5 Å². The number of hydrogen-bond acceptors (Lipinski definition) is 3. The molecule has 1 amide bonds. The third kappa shape index (κ3) is 5.12. The first-order valence-corrected chi connectivity index (χ1v) is 6.84. The largest absolute Gasteiger partial charge is 0.386 e. The van der Waals surface area contributed by atoms with Crippen LogP contribution in [-0.4, -0.2) is 24.8 Å². The maximum absolute atomic E-state index is 11.6. The molecule has 1 N–H and O–H groups in total. The zero-order valence-electron chi connectivity index (χ0n) is 11.0. The highest BCUT2D eigenvalue weighted by Gasteiger charge is 2.15. The minimum atomic E-state index is -0.0860. The van der Waals surface area contributed by atoms with Gasteiger partial charge in [0.25, 0.3) is 5.91 Å². The lowest BCUT2D eigenvalue weighted by Crippen LogP contribution is -2.38. The molecule has 0 unspecified atom stereocenters. The van der Waals surface area contributed by atoms with Crippen molar-refractivity contribution < 1.29 is 9.63 Å². The quantitative estimate of drug-likeness (QED) is 0.653. The van der Waals surface area contributed by atoms with Gasteiger partial charge in [0.2, 0.25) is 0 Å². The van der Waals surface area contributed by atoms with Crippen LogP contribution in [0.3, 0.4) is 0 Å². The summed E-state index contributed by atoms with van der Waals surface area (Å²) in [5, 5.41) is 6.77. The Labute approximate surface area is 113 Å². The molecule has 1 aromatic rings. The van der Waals surface area contributed by atoms with Gasteiger partial charge in [-0.3, -0.25) is 4.79 Å². The molecule has 1 saturated carbocycles. The molecule has 4 heteroatoms. The Kier molecular flexibility index (Phi) is 5.41. The van der Waals surface area contributed by atoms with Crippen molar-refractivity contribution in [3.63, 3.8) is 0 Å². The molecule has 1 aliphatic rings. The fraction of sp³-hybridized carbons (Fsp3) is 0.467. The Hall–Kier alpha value is -1.84. The van der Waals surface area contributed by atoms with Crippen LogP contribution in [0.4, 0.5) is 0 Å². The standard InChI is InChI=1S/C15H20N2O2/c18-15(17-14-9-5-2-6-10-14)12-19-16-11-13-7-3-1-4-8-13/h1,3-4,7-8,11,14H,2,5-6,9-10,12H2,(H,17,18)/b16-11-. The van der Waals surface area contributed by atoms with Gasteiger partial charge in [0.15, 0.2) is 6.61 Å². The number of nitrogens with zero attached hydrogens (tertiary/aromatic N) is 1. The molecule has 0 radical (unpaired) electrons. The lowest BCUT2D eigenvalue weighted by atomic mass is 9.95. The van der Waals surface area contributed by atoms with Gasteiger partial charge < -0.3 is 10.2 Å². The van der Waals surface area contributed by atoms with Crippen LogP contribution in [0.15, 0.2) is 35.5 Å². The molecule has 1 aromatic carbocycles. The third-order valence-corrected chi connectivity index (χ3v) is 3.24. The fourth-order valence-electron chi connectivity index (χ4n) is 2.25. The van der Waals surface area contributed by atoms with E-state index >= 15 is 0 Å². The lowest BCUT2D eigenvalue weighted by molar-refractivity contribution is -0.126. The number of amides is 1. The van der Waals surface area contributed by atoms with E-state index in [1.165, 1.54) is 19.3 Å². The number of carbonyl (C=O) groups is 1. The number of nitrogens with one attached hydrogen (secondary N) is 1. The van der Waals surface area contributed by atoms with Gasteiger partial charge in [0, 0.05) is 6.04 Å². The number of benzene rings is 1. The monoisotopic (exact) mass is 260 g/mol. The first-order chi connectivity index (χ1) is 9.34. The van der Waals surface area contributed by atoms with Gasteiger partial charge in [-0.2, -0.15) is 0 Å². The highest BCUT2D eigenvalue weighted by atomic mass is 16.6. The van der Waals surface area contributed by atoms with Crippen molar-refractivity contribution in [2.24, 2.45) is 5.16 Å². The molecule has 0 aromatic heterocycles. The molecule has 0 atom stereocenters. The number of hydrogen-bond donors (Lipinski definition) is 1. The van der Waals surface area contributed by atoms with Crippen molar-refractivity contribution in [1.29, 1.82) is 0 Å². The molecule has 0 aliphatic heterocycles. The Bertz CT molecular complexity index is 411. The second-order valence-corrected chi connectivity index (χ2v) is 4.82. The smallest absolute Gasteiger partial charge is 0.260 e. The SMILES string of the molecule is O=C(CO/N=C\c1ccccc1)NC1CCCCC1. The minimum absolute atomic E-state index is 0.0141. The molecular weight excluding hydrogens is 240 g/mol. The molecule has 102 valence electrons. The summed E-state index contributed by atoms with van der Waals surface area (Å²) in [4.78, 5) is 16.6. The second kappa shape index (κ2) is 7.56. The Morgan fingerprint density at radius 1 is 1.26 bits per heavy atom. The Balaban J connectivity index is 1.65. The predicted octanol–water partition coefficient (Wildman–Crippen LogP) is 2.49. The third-order valence-electron chi connectivity index (χ3n) is 3.24. The van der Waals surface area contributed by atoms with Crippen LogP contribution in [0.25, 0.3) is 0 Å². The van der Waals surface area contributed by atoms with E-state index in [4.69, 9.17) is 4.84 Å². The highest BCUT2D eigenvalue weighted by Crippen LogP contribution is 2.17. The molecule has 0 spiro atoms. The average molecular weight is 260 g/mol. The number of rotatable bonds is 5. The molecule has 19 heavy (non-hydrogen) atoms. The first kappa shape index (κ1) is 13.6. The van der Waals surface area contributed by atoms with Crippen molar-refractivity contribution >= 4 is 12.1 Å². The van der Waals surface area contributed by atoms with Gasteiger partial charge >= 0.3 is 0 Å². The summed E-state index contributed by atoms with van der Waals surface area (Å²) in [5.74, 6) is -0.0860. The average Bonchev–Trinajstić information content (AvgIpc) is 2.46. The van der Waals surface area contributed by atoms with E-state index in [1.54, 1.807) is 6.21 Å². The van der Waals surface area contributed by atoms with Crippen LogP contribution in [0.5, 0.6) is 0 Å². The zero-order valence-corrected chi connectivity index (χ0v) is 11.0. The van der Waals surface area contributed by atoms with E-state index < -0.39 is 0 Å². The van der Waals surface area contributed by atoms with Gasteiger partial charge in [-0.15, -0.1) is 0 Å². The summed E-state index contributed by atoms with van der Waals surface area (Å²) < 4.78 is 0. The van der Waals surface area contributed by atoms with Crippen LogP contribution in [0.1, 0.15) is 37.7 Å².